The molecule has 0 spiro atoms. The molecule has 3 aromatic rings. The molecule has 1 amide bonds. The maximum Gasteiger partial charge on any atom is 0.230 e. The van der Waals surface area contributed by atoms with Crippen molar-refractivity contribution in [1.82, 2.24) is 25.2 Å². The van der Waals surface area contributed by atoms with Gasteiger partial charge in [-0.3, -0.25) is 9.48 Å². The number of amides is 1. The third kappa shape index (κ3) is 5.44. The van der Waals surface area contributed by atoms with Crippen molar-refractivity contribution in [3.8, 4) is 10.6 Å². The average molecular weight is 406 g/mol. The fourth-order valence-corrected chi connectivity index (χ4v) is 4.04. The van der Waals surface area contributed by atoms with E-state index in [-0.39, 0.29) is 11.9 Å². The van der Waals surface area contributed by atoms with Crippen LogP contribution in [0.25, 0.3) is 10.6 Å². The number of aryl methyl sites for hydroxylation is 1. The van der Waals surface area contributed by atoms with E-state index in [1.165, 1.54) is 11.8 Å². The van der Waals surface area contributed by atoms with Crippen LogP contribution in [0.15, 0.2) is 40.5 Å². The lowest BCUT2D eigenvalue weighted by Gasteiger charge is -2.23. The van der Waals surface area contributed by atoms with Gasteiger partial charge in [0.15, 0.2) is 5.76 Å². The van der Waals surface area contributed by atoms with Crippen molar-refractivity contribution in [2.45, 2.75) is 11.8 Å². The smallest absolute Gasteiger partial charge is 0.230 e. The Labute approximate surface area is 166 Å². The zero-order chi connectivity index (χ0) is 19.2. The SMILES string of the molecule is CN(C)C(CNC(=O)CSCc1cc(-c2cccs2)on1)c1cnn(C)c1. The van der Waals surface area contributed by atoms with Crippen LogP contribution in [0.3, 0.4) is 0 Å². The van der Waals surface area contributed by atoms with Crippen molar-refractivity contribution in [3.63, 3.8) is 0 Å². The molecule has 1 unspecified atom stereocenters. The number of thioether (sulfide) groups is 1. The minimum Gasteiger partial charge on any atom is -0.355 e. The van der Waals surface area contributed by atoms with Crippen LogP contribution in [-0.4, -0.2) is 52.1 Å². The predicted molar refractivity (Wildman–Crippen MR) is 109 cm³/mol. The molecule has 9 heteroatoms. The molecule has 0 aliphatic rings. The van der Waals surface area contributed by atoms with Crippen LogP contribution < -0.4 is 5.32 Å². The number of likely N-dealkylation sites (N-methyl/N-ethyl adjacent to an activating group) is 1. The molecule has 1 atom stereocenters. The summed E-state index contributed by atoms with van der Waals surface area (Å²) in [4.78, 5) is 15.3. The fraction of sp³-hybridized carbons (Fsp3) is 0.389. The fourth-order valence-electron chi connectivity index (χ4n) is 2.64. The Kier molecular flexibility index (Phi) is 6.70. The number of hydrogen-bond donors (Lipinski definition) is 1. The van der Waals surface area contributed by atoms with Gasteiger partial charge in [-0.2, -0.15) is 5.10 Å². The van der Waals surface area contributed by atoms with Crippen LogP contribution >= 0.6 is 23.1 Å². The quantitative estimate of drug-likeness (QED) is 0.590. The molecule has 1 N–H and O–H groups in total. The molecule has 7 nitrogen and oxygen atoms in total. The maximum absolute atomic E-state index is 12.2. The molecule has 0 fully saturated rings. The van der Waals surface area contributed by atoms with E-state index < -0.39 is 0 Å². The Morgan fingerprint density at radius 1 is 1.48 bits per heavy atom. The lowest BCUT2D eigenvalue weighted by molar-refractivity contribution is -0.118. The van der Waals surface area contributed by atoms with Gasteiger partial charge >= 0.3 is 0 Å². The minimum atomic E-state index is 0.0118. The van der Waals surface area contributed by atoms with Crippen LogP contribution in [0.4, 0.5) is 0 Å². The number of nitrogens with one attached hydrogen (secondary N) is 1. The number of rotatable bonds is 9. The molecule has 27 heavy (non-hydrogen) atoms. The van der Waals surface area contributed by atoms with Gasteiger partial charge in [0, 0.05) is 37.2 Å². The lowest BCUT2D eigenvalue weighted by atomic mass is 10.1. The summed E-state index contributed by atoms with van der Waals surface area (Å²) >= 11 is 3.14. The van der Waals surface area contributed by atoms with E-state index in [0.29, 0.717) is 18.1 Å². The Bertz CT molecular complexity index is 857. The largest absolute Gasteiger partial charge is 0.355 e. The highest BCUT2D eigenvalue weighted by molar-refractivity contribution is 7.99. The van der Waals surface area contributed by atoms with Gasteiger partial charge in [-0.05, 0) is 25.5 Å². The van der Waals surface area contributed by atoms with Gasteiger partial charge in [0.05, 0.1) is 28.6 Å². The summed E-state index contributed by atoms with van der Waals surface area (Å²) in [6.07, 6.45) is 3.81. The van der Waals surface area contributed by atoms with Crippen molar-refractivity contribution < 1.29 is 9.32 Å². The molecule has 0 saturated carbocycles. The first-order valence-electron chi connectivity index (χ1n) is 8.52. The summed E-state index contributed by atoms with van der Waals surface area (Å²) in [5, 5.41) is 13.3. The number of carbonyl (C=O) groups excluding carboxylic acids is 1. The van der Waals surface area contributed by atoms with E-state index in [1.807, 2.05) is 57.1 Å². The van der Waals surface area contributed by atoms with Gasteiger partial charge in [-0.25, -0.2) is 0 Å². The average Bonchev–Trinajstić information content (AvgIpc) is 3.36. The number of thiophene rings is 1. The second kappa shape index (κ2) is 9.20. The molecule has 0 aliphatic heterocycles. The number of aromatic nitrogens is 3. The van der Waals surface area contributed by atoms with E-state index >= 15 is 0 Å². The highest BCUT2D eigenvalue weighted by Gasteiger charge is 2.17. The maximum atomic E-state index is 12.2. The molecule has 3 rings (SSSR count). The number of hydrogen-bond acceptors (Lipinski definition) is 7. The first-order chi connectivity index (χ1) is 13.0. The van der Waals surface area contributed by atoms with Crippen LogP contribution in [0.1, 0.15) is 17.3 Å². The molecular formula is C18H23N5O2S2. The monoisotopic (exact) mass is 405 g/mol. The topological polar surface area (TPSA) is 76.2 Å². The van der Waals surface area contributed by atoms with Crippen molar-refractivity contribution in [3.05, 3.63) is 47.2 Å². The summed E-state index contributed by atoms with van der Waals surface area (Å²) in [6, 6.07) is 6.00. The van der Waals surface area contributed by atoms with Crippen molar-refractivity contribution in [2.24, 2.45) is 7.05 Å². The molecule has 3 heterocycles. The molecular weight excluding hydrogens is 382 g/mol. The van der Waals surface area contributed by atoms with Gasteiger partial charge in [0.2, 0.25) is 5.91 Å². The number of carbonyl (C=O) groups is 1. The zero-order valence-electron chi connectivity index (χ0n) is 15.6. The first-order valence-corrected chi connectivity index (χ1v) is 10.5. The molecule has 0 radical (unpaired) electrons. The van der Waals surface area contributed by atoms with E-state index in [4.69, 9.17) is 4.52 Å². The second-order valence-electron chi connectivity index (χ2n) is 6.38. The standard InChI is InChI=1S/C18H23N5O2S2/c1-22(2)15(13-8-20-23(3)10-13)9-19-18(24)12-26-11-14-7-16(25-21-14)17-5-4-6-27-17/h4-8,10,15H,9,11-12H2,1-3H3,(H,19,24). The van der Waals surface area contributed by atoms with Gasteiger partial charge in [0.1, 0.15) is 0 Å². The van der Waals surface area contributed by atoms with Crippen LogP contribution in [-0.2, 0) is 17.6 Å². The Morgan fingerprint density at radius 2 is 2.33 bits per heavy atom. The van der Waals surface area contributed by atoms with E-state index in [9.17, 15) is 4.79 Å². The predicted octanol–water partition coefficient (Wildman–Crippen LogP) is 2.79. The Hall–Kier alpha value is -2.10. The van der Waals surface area contributed by atoms with Crippen molar-refractivity contribution in [1.29, 1.82) is 0 Å². The van der Waals surface area contributed by atoms with Crippen LogP contribution in [0.5, 0.6) is 0 Å². The summed E-state index contributed by atoms with van der Waals surface area (Å²) in [5.74, 6) is 1.81. The third-order valence-electron chi connectivity index (χ3n) is 4.03. The third-order valence-corrected chi connectivity index (χ3v) is 5.88. The van der Waals surface area contributed by atoms with E-state index in [0.717, 1.165) is 21.9 Å². The van der Waals surface area contributed by atoms with Crippen LogP contribution in [0.2, 0.25) is 0 Å². The highest BCUT2D eigenvalue weighted by atomic mass is 32.2. The number of nitrogens with zero attached hydrogens (tertiary/aromatic N) is 4. The first kappa shape index (κ1) is 19.7. The second-order valence-corrected chi connectivity index (χ2v) is 8.32. The van der Waals surface area contributed by atoms with E-state index in [2.05, 4.69) is 20.5 Å². The molecule has 0 bridgehead atoms. The van der Waals surface area contributed by atoms with E-state index in [1.54, 1.807) is 16.0 Å². The molecule has 0 aliphatic carbocycles. The normalized spacial score (nSPS) is 12.4. The zero-order valence-corrected chi connectivity index (χ0v) is 17.2. The van der Waals surface area contributed by atoms with Gasteiger partial charge < -0.3 is 14.7 Å². The molecule has 0 aromatic carbocycles. The van der Waals surface area contributed by atoms with Crippen molar-refractivity contribution in [2.75, 3.05) is 26.4 Å². The minimum absolute atomic E-state index is 0.0118. The Morgan fingerprint density at radius 3 is 3.00 bits per heavy atom. The van der Waals surface area contributed by atoms with Gasteiger partial charge in [-0.15, -0.1) is 23.1 Å². The lowest BCUT2D eigenvalue weighted by Crippen LogP contribution is -2.35. The van der Waals surface area contributed by atoms with Gasteiger partial charge in [-0.1, -0.05) is 11.2 Å². The molecule has 0 saturated heterocycles. The summed E-state index contributed by atoms with van der Waals surface area (Å²) < 4.78 is 7.13. The summed E-state index contributed by atoms with van der Waals surface area (Å²) in [7, 11) is 5.88. The highest BCUT2D eigenvalue weighted by Crippen LogP contribution is 2.26. The summed E-state index contributed by atoms with van der Waals surface area (Å²) in [5.41, 5.74) is 1.93. The molecule has 144 valence electrons. The molecule has 3 aromatic heterocycles. The van der Waals surface area contributed by atoms with Crippen LogP contribution in [0, 0.1) is 0 Å². The Balaban J connectivity index is 1.43. The van der Waals surface area contributed by atoms with Gasteiger partial charge in [0.25, 0.3) is 0 Å². The van der Waals surface area contributed by atoms with Crippen molar-refractivity contribution >= 4 is 29.0 Å². The summed E-state index contributed by atoms with van der Waals surface area (Å²) in [6.45, 7) is 0.546.